The second-order valence-corrected chi connectivity index (χ2v) is 7.74. The fourth-order valence-corrected chi connectivity index (χ4v) is 4.25. The van der Waals surface area contributed by atoms with Crippen molar-refractivity contribution in [3.8, 4) is 0 Å². The number of epoxide rings is 1. The van der Waals surface area contributed by atoms with Crippen molar-refractivity contribution in [2.75, 3.05) is 0 Å². The highest BCUT2D eigenvalue weighted by atomic mass is 16.6. The number of fused-ring (bicyclic) bond motifs is 3. The highest BCUT2D eigenvalue weighted by Crippen LogP contribution is 2.50. The molecule has 2 aliphatic heterocycles. The van der Waals surface area contributed by atoms with Crippen LogP contribution < -0.4 is 0 Å². The first-order valence-electron chi connectivity index (χ1n) is 9.04. The zero-order valence-electron chi connectivity index (χ0n) is 14.7. The minimum atomic E-state index is -0.251. The van der Waals surface area contributed by atoms with Crippen LogP contribution in [0.25, 0.3) is 0 Å². The lowest BCUT2D eigenvalue weighted by molar-refractivity contribution is -0.145. The predicted molar refractivity (Wildman–Crippen MR) is 88.3 cm³/mol. The van der Waals surface area contributed by atoms with Crippen LogP contribution in [-0.4, -0.2) is 43.9 Å². The zero-order valence-corrected chi connectivity index (χ0v) is 14.7. The van der Waals surface area contributed by atoms with Gasteiger partial charge in [-0.25, -0.2) is 0 Å². The van der Waals surface area contributed by atoms with Gasteiger partial charge in [-0.05, 0) is 39.5 Å². The quantitative estimate of drug-likeness (QED) is 0.507. The van der Waals surface area contributed by atoms with E-state index in [0.29, 0.717) is 12.2 Å². The number of allylic oxidation sites excluding steroid dienone is 2. The molecule has 0 aromatic carbocycles. The standard InChI is InChI=1S/C18H25N3O4/c1-11-4-3-7-18(2)16(25-18)15-13(6-5-11)14(17(23)24-15)9-21-8-12(10-22)19-20-21/h4,8,13-16,22H,3,5-7,9-10H2,1-2H3/b11-4+/t13-,14-,15-,16+,18+/m0/s1. The molecule has 0 unspecified atom stereocenters. The summed E-state index contributed by atoms with van der Waals surface area (Å²) in [6, 6.07) is 0. The van der Waals surface area contributed by atoms with Crippen LogP contribution in [0.15, 0.2) is 17.8 Å². The number of esters is 1. The number of rotatable bonds is 3. The van der Waals surface area contributed by atoms with E-state index in [1.54, 1.807) is 10.9 Å². The van der Waals surface area contributed by atoms with E-state index in [-0.39, 0.29) is 42.2 Å². The Balaban J connectivity index is 1.57. The largest absolute Gasteiger partial charge is 0.459 e. The Labute approximate surface area is 147 Å². The van der Waals surface area contributed by atoms with Gasteiger partial charge in [0.2, 0.25) is 0 Å². The van der Waals surface area contributed by atoms with Crippen LogP contribution in [0.5, 0.6) is 0 Å². The molecule has 1 aliphatic carbocycles. The maximum absolute atomic E-state index is 12.6. The Morgan fingerprint density at radius 3 is 3.08 bits per heavy atom. The minimum Gasteiger partial charge on any atom is -0.459 e. The summed E-state index contributed by atoms with van der Waals surface area (Å²) in [5.41, 5.74) is 1.69. The van der Waals surface area contributed by atoms with Gasteiger partial charge in [-0.3, -0.25) is 9.48 Å². The molecule has 1 N–H and O–H groups in total. The normalized spacial score (nSPS) is 39.8. The number of aliphatic hydroxyl groups is 1. The summed E-state index contributed by atoms with van der Waals surface area (Å²) in [6.45, 7) is 4.55. The van der Waals surface area contributed by atoms with Gasteiger partial charge in [-0.1, -0.05) is 16.9 Å². The Morgan fingerprint density at radius 1 is 1.48 bits per heavy atom. The van der Waals surface area contributed by atoms with Gasteiger partial charge in [0.25, 0.3) is 0 Å². The molecule has 5 atom stereocenters. The molecule has 0 amide bonds. The topological polar surface area (TPSA) is 89.8 Å². The number of hydrogen-bond donors (Lipinski definition) is 1. The van der Waals surface area contributed by atoms with Gasteiger partial charge in [-0.15, -0.1) is 5.10 Å². The van der Waals surface area contributed by atoms with E-state index >= 15 is 0 Å². The molecule has 25 heavy (non-hydrogen) atoms. The molecule has 1 aromatic heterocycles. The molecular weight excluding hydrogens is 322 g/mol. The van der Waals surface area contributed by atoms with Crippen LogP contribution in [0.2, 0.25) is 0 Å². The number of aromatic nitrogens is 3. The highest BCUT2D eigenvalue weighted by molar-refractivity contribution is 5.75. The van der Waals surface area contributed by atoms with Crippen molar-refractivity contribution < 1.29 is 19.4 Å². The van der Waals surface area contributed by atoms with Crippen LogP contribution in [-0.2, 0) is 27.4 Å². The summed E-state index contributed by atoms with van der Waals surface area (Å²) in [5.74, 6) is -0.309. The van der Waals surface area contributed by atoms with Crippen molar-refractivity contribution in [2.24, 2.45) is 11.8 Å². The smallest absolute Gasteiger partial charge is 0.311 e. The SMILES string of the molecule is C/C1=C\CC[C@@]2(C)O[C@@H]2[C@H]2OC(=O)[C@@H](Cn3cc(CO)nn3)[C@@H]2CC1. The molecule has 136 valence electrons. The van der Waals surface area contributed by atoms with E-state index < -0.39 is 0 Å². The number of nitrogens with zero attached hydrogens (tertiary/aromatic N) is 3. The lowest BCUT2D eigenvalue weighted by Gasteiger charge is -2.22. The number of carbonyl (C=O) groups excluding carboxylic acids is 1. The van der Waals surface area contributed by atoms with Gasteiger partial charge in [-0.2, -0.15) is 0 Å². The van der Waals surface area contributed by atoms with E-state index in [0.717, 1.165) is 25.7 Å². The molecule has 4 rings (SSSR count). The summed E-state index contributed by atoms with van der Waals surface area (Å²) in [7, 11) is 0. The first-order valence-corrected chi connectivity index (χ1v) is 9.04. The monoisotopic (exact) mass is 347 g/mol. The van der Waals surface area contributed by atoms with Crippen molar-refractivity contribution >= 4 is 5.97 Å². The second kappa shape index (κ2) is 6.21. The number of aliphatic hydroxyl groups excluding tert-OH is 1. The predicted octanol–water partition coefficient (Wildman–Crippen LogP) is 1.61. The third-order valence-electron chi connectivity index (χ3n) is 5.87. The van der Waals surface area contributed by atoms with E-state index in [1.807, 2.05) is 0 Å². The molecule has 0 bridgehead atoms. The Bertz CT molecular complexity index is 700. The molecule has 3 aliphatic rings. The van der Waals surface area contributed by atoms with Crippen molar-refractivity contribution in [2.45, 2.75) is 70.5 Å². The van der Waals surface area contributed by atoms with E-state index in [4.69, 9.17) is 14.6 Å². The van der Waals surface area contributed by atoms with Gasteiger partial charge in [0.1, 0.15) is 17.9 Å². The first kappa shape index (κ1) is 16.7. The van der Waals surface area contributed by atoms with Crippen LogP contribution in [0.1, 0.15) is 45.2 Å². The number of hydrogen-bond acceptors (Lipinski definition) is 6. The van der Waals surface area contributed by atoms with Crippen molar-refractivity contribution in [1.29, 1.82) is 0 Å². The first-order chi connectivity index (χ1) is 12.0. The Kier molecular flexibility index (Phi) is 4.16. The minimum absolute atomic E-state index is 0.00186. The molecule has 7 heteroatoms. The zero-order chi connectivity index (χ0) is 17.6. The molecule has 3 heterocycles. The molecule has 1 aromatic rings. The third kappa shape index (κ3) is 3.11. The second-order valence-electron chi connectivity index (χ2n) is 7.74. The van der Waals surface area contributed by atoms with Crippen LogP contribution >= 0.6 is 0 Å². The fourth-order valence-electron chi connectivity index (χ4n) is 4.25. The van der Waals surface area contributed by atoms with E-state index in [2.05, 4.69) is 30.2 Å². The van der Waals surface area contributed by atoms with Gasteiger partial charge in [0.15, 0.2) is 0 Å². The van der Waals surface area contributed by atoms with Crippen molar-refractivity contribution in [3.05, 3.63) is 23.5 Å². The molecule has 0 saturated carbocycles. The van der Waals surface area contributed by atoms with Gasteiger partial charge >= 0.3 is 5.97 Å². The Morgan fingerprint density at radius 2 is 2.32 bits per heavy atom. The summed E-state index contributed by atoms with van der Waals surface area (Å²) in [6.07, 6.45) is 7.65. The third-order valence-corrected chi connectivity index (χ3v) is 5.87. The summed E-state index contributed by atoms with van der Waals surface area (Å²) in [4.78, 5) is 12.6. The molecule has 0 radical (unpaired) electrons. The van der Waals surface area contributed by atoms with Crippen molar-refractivity contribution in [3.63, 3.8) is 0 Å². The molecule has 2 fully saturated rings. The fraction of sp³-hybridized carbons (Fsp3) is 0.722. The van der Waals surface area contributed by atoms with Crippen LogP contribution in [0, 0.1) is 11.8 Å². The van der Waals surface area contributed by atoms with Crippen LogP contribution in [0.3, 0.4) is 0 Å². The van der Waals surface area contributed by atoms with Gasteiger partial charge in [0, 0.05) is 5.92 Å². The molecular formula is C18H25N3O4. The summed E-state index contributed by atoms with van der Waals surface area (Å²) >= 11 is 0. The highest BCUT2D eigenvalue weighted by Gasteiger charge is 2.62. The number of ether oxygens (including phenoxy) is 2. The lowest BCUT2D eigenvalue weighted by Crippen LogP contribution is -2.31. The van der Waals surface area contributed by atoms with Gasteiger partial charge in [0.05, 0.1) is 30.9 Å². The molecule has 7 nitrogen and oxygen atoms in total. The lowest BCUT2D eigenvalue weighted by atomic mass is 9.80. The van der Waals surface area contributed by atoms with Crippen molar-refractivity contribution in [1.82, 2.24) is 15.0 Å². The van der Waals surface area contributed by atoms with Gasteiger partial charge < -0.3 is 14.6 Å². The van der Waals surface area contributed by atoms with E-state index in [1.165, 1.54) is 5.57 Å². The van der Waals surface area contributed by atoms with Crippen LogP contribution in [0.4, 0.5) is 0 Å². The maximum Gasteiger partial charge on any atom is 0.311 e. The maximum atomic E-state index is 12.6. The Hall–Kier alpha value is -1.73. The number of carbonyl (C=O) groups is 1. The summed E-state index contributed by atoms with van der Waals surface area (Å²) < 4.78 is 13.4. The average molecular weight is 347 g/mol. The average Bonchev–Trinajstić information content (AvgIpc) is 2.92. The molecule has 2 saturated heterocycles. The molecule has 0 spiro atoms. The summed E-state index contributed by atoms with van der Waals surface area (Å²) in [5, 5.41) is 17.0. The van der Waals surface area contributed by atoms with E-state index in [9.17, 15) is 4.79 Å².